The fourth-order valence-corrected chi connectivity index (χ4v) is 6.03. The fraction of sp³-hybridized carbons (Fsp3) is 0.857. The smallest absolute Gasteiger partial charge is 0.315 e. The molecule has 182 valence electrons. The van der Waals surface area contributed by atoms with Crippen LogP contribution in [0, 0.1) is 0 Å². The Kier molecular flexibility index (Phi) is 9.04. The number of rotatable bonds is 10. The zero-order chi connectivity index (χ0) is 23.3. The van der Waals surface area contributed by atoms with Gasteiger partial charge in [-0.25, -0.2) is 4.79 Å². The summed E-state index contributed by atoms with van der Waals surface area (Å²) in [6, 6.07) is -0.464. The van der Waals surface area contributed by atoms with E-state index in [0.29, 0.717) is 24.5 Å². The molecular formula is C21H35N3O7S. The Morgan fingerprint density at radius 2 is 2.00 bits per heavy atom. The predicted molar refractivity (Wildman–Crippen MR) is 118 cm³/mol. The number of hydrogen-bond donors (Lipinski definition) is 5. The number of fused-ring (bicyclic) bond motifs is 1. The van der Waals surface area contributed by atoms with Crippen molar-refractivity contribution in [3.05, 3.63) is 0 Å². The lowest BCUT2D eigenvalue weighted by Gasteiger charge is -2.41. The van der Waals surface area contributed by atoms with Crippen molar-refractivity contribution in [3.63, 3.8) is 0 Å². The highest BCUT2D eigenvalue weighted by Gasteiger charge is 2.44. The average molecular weight is 474 g/mol. The van der Waals surface area contributed by atoms with Crippen LogP contribution in [0.3, 0.4) is 0 Å². The third-order valence-corrected chi connectivity index (χ3v) is 7.77. The molecule has 3 fully saturated rings. The van der Waals surface area contributed by atoms with E-state index in [1.165, 1.54) is 0 Å². The predicted octanol–water partition coefficient (Wildman–Crippen LogP) is 0.0494. The van der Waals surface area contributed by atoms with Crippen LogP contribution in [0.4, 0.5) is 4.79 Å². The maximum Gasteiger partial charge on any atom is 0.315 e. The van der Waals surface area contributed by atoms with Crippen molar-refractivity contribution in [3.8, 4) is 0 Å². The van der Waals surface area contributed by atoms with E-state index in [0.717, 1.165) is 18.6 Å². The second-order valence-corrected chi connectivity index (χ2v) is 10.0. The number of nitrogens with one attached hydrogen (secondary N) is 3. The van der Waals surface area contributed by atoms with Gasteiger partial charge in [0.25, 0.3) is 0 Å². The lowest BCUT2D eigenvalue weighted by molar-refractivity contribution is -0.198. The number of aliphatic hydroxyl groups is 2. The Labute approximate surface area is 192 Å². The highest BCUT2D eigenvalue weighted by molar-refractivity contribution is 8.00. The topological polar surface area (TPSA) is 146 Å². The highest BCUT2D eigenvalue weighted by atomic mass is 32.2. The van der Waals surface area contributed by atoms with E-state index in [1.807, 2.05) is 18.7 Å². The number of carbonyl (C=O) groups is 3. The van der Waals surface area contributed by atoms with Crippen molar-refractivity contribution in [2.75, 3.05) is 12.4 Å². The molecule has 3 amide bonds. The van der Waals surface area contributed by atoms with Crippen LogP contribution in [0.5, 0.6) is 0 Å². The van der Waals surface area contributed by atoms with Gasteiger partial charge in [-0.3, -0.25) is 9.59 Å². The third kappa shape index (κ3) is 6.27. The van der Waals surface area contributed by atoms with Crippen LogP contribution >= 0.6 is 11.8 Å². The summed E-state index contributed by atoms with van der Waals surface area (Å²) in [6.45, 7) is 3.43. The molecule has 10 nitrogen and oxygen atoms in total. The Hall–Kier alpha value is -1.56. The second kappa shape index (κ2) is 11.5. The minimum Gasteiger partial charge on any atom is -0.463 e. The molecule has 0 spiro atoms. The molecular weight excluding hydrogens is 438 g/mol. The maximum absolute atomic E-state index is 12.1. The van der Waals surface area contributed by atoms with Crippen molar-refractivity contribution in [1.29, 1.82) is 0 Å². The maximum atomic E-state index is 12.1. The number of hydrogen-bond acceptors (Lipinski definition) is 8. The quantitative estimate of drug-likeness (QED) is 0.170. The molecule has 0 radical (unpaired) electrons. The average Bonchev–Trinajstić information content (AvgIpc) is 3.29. The van der Waals surface area contributed by atoms with E-state index in [4.69, 9.17) is 9.47 Å². The van der Waals surface area contributed by atoms with Gasteiger partial charge in [-0.1, -0.05) is 13.3 Å². The zero-order valence-corrected chi connectivity index (χ0v) is 19.4. The first-order valence-corrected chi connectivity index (χ1v) is 12.5. The molecule has 3 heterocycles. The number of carbonyl (C=O) groups excluding carboxylic acids is 3. The van der Waals surface area contributed by atoms with Crippen LogP contribution in [-0.4, -0.2) is 88.3 Å². The first kappa shape index (κ1) is 25.1. The molecule has 1 unspecified atom stereocenters. The van der Waals surface area contributed by atoms with Crippen molar-refractivity contribution >= 4 is 29.7 Å². The Morgan fingerprint density at radius 3 is 2.75 bits per heavy atom. The molecule has 3 rings (SSSR count). The van der Waals surface area contributed by atoms with Gasteiger partial charge in [0.15, 0.2) is 0 Å². The standard InChI is InChI=1S/C21H35N3O7S/c1-3-6-15(25)23-17-11(2)31-13(19(27)20(17)28)9-30-16(26)8-5-4-7-14-18-12(10-32-14)22-21(29)24-18/h11-14,17-20,27-28H,3-10H2,1-2H3,(H,23,25)(H2,22,24,29)/t11?,12-,13+,14-,17-,18-,19+,20+/m0/s1. The third-order valence-electron chi connectivity index (χ3n) is 6.26. The van der Waals surface area contributed by atoms with Gasteiger partial charge in [-0.05, 0) is 26.2 Å². The molecule has 8 atom stereocenters. The minimum atomic E-state index is -1.27. The van der Waals surface area contributed by atoms with Crippen LogP contribution < -0.4 is 16.0 Å². The van der Waals surface area contributed by atoms with E-state index < -0.39 is 30.5 Å². The molecule has 0 aromatic heterocycles. The highest BCUT2D eigenvalue weighted by Crippen LogP contribution is 2.33. The molecule has 0 bridgehead atoms. The van der Waals surface area contributed by atoms with Crippen LogP contribution in [0.25, 0.3) is 0 Å². The van der Waals surface area contributed by atoms with Crippen LogP contribution in [0.2, 0.25) is 0 Å². The van der Waals surface area contributed by atoms with Crippen molar-refractivity contribution in [2.24, 2.45) is 0 Å². The fourth-order valence-electron chi connectivity index (χ4n) is 4.48. The van der Waals surface area contributed by atoms with Crippen molar-refractivity contribution < 1.29 is 34.1 Å². The van der Waals surface area contributed by atoms with Crippen molar-refractivity contribution in [2.45, 2.75) is 100 Å². The summed E-state index contributed by atoms with van der Waals surface area (Å²) in [5.74, 6) is 0.323. The van der Waals surface area contributed by atoms with Gasteiger partial charge < -0.3 is 35.6 Å². The number of unbranched alkanes of at least 4 members (excludes halogenated alkanes) is 1. The van der Waals surface area contributed by atoms with Crippen LogP contribution in [0.15, 0.2) is 0 Å². The number of urea groups is 1. The van der Waals surface area contributed by atoms with E-state index in [2.05, 4.69) is 16.0 Å². The molecule has 0 saturated carbocycles. The summed E-state index contributed by atoms with van der Waals surface area (Å²) in [5, 5.41) is 29.7. The molecule has 0 aliphatic carbocycles. The van der Waals surface area contributed by atoms with Crippen LogP contribution in [-0.2, 0) is 19.1 Å². The molecule has 0 aromatic rings. The van der Waals surface area contributed by atoms with Gasteiger partial charge >= 0.3 is 12.0 Å². The minimum absolute atomic E-state index is 0.102. The summed E-state index contributed by atoms with van der Waals surface area (Å²) < 4.78 is 11.0. The van der Waals surface area contributed by atoms with E-state index in [-0.39, 0.29) is 43.0 Å². The van der Waals surface area contributed by atoms with E-state index in [1.54, 1.807) is 6.92 Å². The molecule has 0 aromatic carbocycles. The number of ether oxygens (including phenoxy) is 2. The summed E-state index contributed by atoms with van der Waals surface area (Å²) in [7, 11) is 0. The molecule has 5 N–H and O–H groups in total. The lowest BCUT2D eigenvalue weighted by Crippen LogP contribution is -2.63. The summed E-state index contributed by atoms with van der Waals surface area (Å²) in [5.41, 5.74) is 0. The monoisotopic (exact) mass is 473 g/mol. The lowest BCUT2D eigenvalue weighted by atomic mass is 9.93. The van der Waals surface area contributed by atoms with E-state index >= 15 is 0 Å². The Bertz CT molecular complexity index is 682. The zero-order valence-electron chi connectivity index (χ0n) is 18.6. The second-order valence-electron chi connectivity index (χ2n) is 8.75. The van der Waals surface area contributed by atoms with Gasteiger partial charge in [0, 0.05) is 23.8 Å². The first-order chi connectivity index (χ1) is 15.3. The van der Waals surface area contributed by atoms with Gasteiger partial charge in [0.05, 0.1) is 24.2 Å². The number of aliphatic hydroxyl groups excluding tert-OH is 2. The summed E-state index contributed by atoms with van der Waals surface area (Å²) in [4.78, 5) is 35.4. The van der Waals surface area contributed by atoms with Crippen LogP contribution in [0.1, 0.15) is 52.4 Å². The molecule has 3 aliphatic rings. The molecule has 11 heteroatoms. The first-order valence-electron chi connectivity index (χ1n) is 11.4. The van der Waals surface area contributed by atoms with E-state index in [9.17, 15) is 24.6 Å². The number of thioether (sulfide) groups is 1. The van der Waals surface area contributed by atoms with Gasteiger partial charge in [-0.15, -0.1) is 0 Å². The number of esters is 1. The summed E-state index contributed by atoms with van der Waals surface area (Å²) in [6.07, 6.45) is -0.151. The Morgan fingerprint density at radius 1 is 1.22 bits per heavy atom. The molecule has 3 aliphatic heterocycles. The molecule has 32 heavy (non-hydrogen) atoms. The number of amides is 3. The Balaban J connectivity index is 1.33. The van der Waals surface area contributed by atoms with Gasteiger partial charge in [0.2, 0.25) is 5.91 Å². The molecule has 3 saturated heterocycles. The largest absolute Gasteiger partial charge is 0.463 e. The SMILES string of the molecule is CCCC(=O)N[C@H]1C(C)O[C@H](COC(=O)CCCC[C@@H]2SC[C@@H]3NC(=O)N[C@@H]32)[C@@H](O)[C@@H]1O. The van der Waals surface area contributed by atoms with Gasteiger partial charge in [0.1, 0.15) is 24.9 Å². The van der Waals surface area contributed by atoms with Crippen molar-refractivity contribution in [1.82, 2.24) is 16.0 Å². The van der Waals surface area contributed by atoms with Gasteiger partial charge in [-0.2, -0.15) is 11.8 Å². The normalized spacial score (nSPS) is 36.2. The summed E-state index contributed by atoms with van der Waals surface area (Å²) >= 11 is 1.84.